The number of nitrogens with zero attached hydrogens (tertiary/aromatic N) is 1. The van der Waals surface area contributed by atoms with Gasteiger partial charge in [0.25, 0.3) is 0 Å². The lowest BCUT2D eigenvalue weighted by Crippen LogP contribution is -2.15. The Balaban J connectivity index is 1.81. The SMILES string of the molecule is Cc1ccc(-c2oncc2CNC2CC2)cc1. The fraction of sp³-hybridized carbons (Fsp3) is 0.357. The highest BCUT2D eigenvalue weighted by Crippen LogP contribution is 2.25. The van der Waals surface area contributed by atoms with Crippen LogP contribution in [0.2, 0.25) is 0 Å². The quantitative estimate of drug-likeness (QED) is 0.874. The number of hydrogen-bond acceptors (Lipinski definition) is 3. The molecule has 1 aliphatic rings. The van der Waals surface area contributed by atoms with Crippen LogP contribution < -0.4 is 5.32 Å². The van der Waals surface area contributed by atoms with Gasteiger partial charge in [-0.2, -0.15) is 0 Å². The van der Waals surface area contributed by atoms with Crippen LogP contribution >= 0.6 is 0 Å². The first-order valence-electron chi connectivity index (χ1n) is 6.07. The molecule has 0 spiro atoms. The van der Waals surface area contributed by atoms with E-state index in [1.165, 1.54) is 18.4 Å². The number of benzene rings is 1. The van der Waals surface area contributed by atoms with Crippen LogP contribution in [0.5, 0.6) is 0 Å². The average Bonchev–Trinajstić information content (AvgIpc) is 3.06. The van der Waals surface area contributed by atoms with Gasteiger partial charge >= 0.3 is 0 Å². The zero-order valence-corrected chi connectivity index (χ0v) is 9.94. The normalized spacial score (nSPS) is 15.1. The summed E-state index contributed by atoms with van der Waals surface area (Å²) in [4.78, 5) is 0. The Morgan fingerprint density at radius 3 is 2.76 bits per heavy atom. The molecule has 0 aliphatic heterocycles. The Bertz CT molecular complexity index is 497. The summed E-state index contributed by atoms with van der Waals surface area (Å²) in [7, 11) is 0. The van der Waals surface area contributed by atoms with Crippen molar-refractivity contribution in [2.24, 2.45) is 0 Å². The van der Waals surface area contributed by atoms with Crippen LogP contribution in [-0.2, 0) is 6.54 Å². The number of nitrogens with one attached hydrogen (secondary N) is 1. The summed E-state index contributed by atoms with van der Waals surface area (Å²) >= 11 is 0. The van der Waals surface area contributed by atoms with Crippen LogP contribution in [0.25, 0.3) is 11.3 Å². The zero-order chi connectivity index (χ0) is 11.7. The van der Waals surface area contributed by atoms with Gasteiger partial charge in [0, 0.05) is 23.7 Å². The highest BCUT2D eigenvalue weighted by atomic mass is 16.5. The van der Waals surface area contributed by atoms with Crippen LogP contribution in [0.4, 0.5) is 0 Å². The van der Waals surface area contributed by atoms with E-state index in [1.807, 2.05) is 6.20 Å². The monoisotopic (exact) mass is 228 g/mol. The third-order valence-electron chi connectivity index (χ3n) is 3.12. The molecule has 0 bridgehead atoms. The summed E-state index contributed by atoms with van der Waals surface area (Å²) in [6.45, 7) is 2.93. The lowest BCUT2D eigenvalue weighted by atomic mass is 10.1. The molecular weight excluding hydrogens is 212 g/mol. The Kier molecular flexibility index (Phi) is 2.69. The summed E-state index contributed by atoms with van der Waals surface area (Å²) in [5.74, 6) is 0.887. The van der Waals surface area contributed by atoms with Crippen LogP contribution in [0.1, 0.15) is 24.0 Å². The molecule has 17 heavy (non-hydrogen) atoms. The summed E-state index contributed by atoms with van der Waals surface area (Å²) in [5, 5.41) is 7.38. The van der Waals surface area contributed by atoms with Crippen molar-refractivity contribution in [2.45, 2.75) is 32.4 Å². The van der Waals surface area contributed by atoms with Crippen molar-refractivity contribution in [3.8, 4) is 11.3 Å². The molecule has 1 aromatic carbocycles. The number of aryl methyl sites for hydroxylation is 1. The van der Waals surface area contributed by atoms with Gasteiger partial charge in [0.15, 0.2) is 5.76 Å². The van der Waals surface area contributed by atoms with Crippen molar-refractivity contribution >= 4 is 0 Å². The molecule has 3 rings (SSSR count). The maximum Gasteiger partial charge on any atom is 0.171 e. The number of hydrogen-bond donors (Lipinski definition) is 1. The van der Waals surface area contributed by atoms with Gasteiger partial charge in [0.05, 0.1) is 6.20 Å². The summed E-state index contributed by atoms with van der Waals surface area (Å²) in [6, 6.07) is 9.05. The first-order chi connectivity index (χ1) is 8.33. The minimum Gasteiger partial charge on any atom is -0.356 e. The molecule has 0 radical (unpaired) electrons. The van der Waals surface area contributed by atoms with Crippen molar-refractivity contribution in [1.82, 2.24) is 10.5 Å². The van der Waals surface area contributed by atoms with E-state index in [9.17, 15) is 0 Å². The largest absolute Gasteiger partial charge is 0.356 e. The predicted molar refractivity (Wildman–Crippen MR) is 66.5 cm³/mol. The fourth-order valence-electron chi connectivity index (χ4n) is 1.87. The van der Waals surface area contributed by atoms with Gasteiger partial charge in [-0.25, -0.2) is 0 Å². The predicted octanol–water partition coefficient (Wildman–Crippen LogP) is 2.90. The molecule has 1 saturated carbocycles. The van der Waals surface area contributed by atoms with Crippen molar-refractivity contribution in [1.29, 1.82) is 0 Å². The minimum atomic E-state index is 0.704. The second-order valence-corrected chi connectivity index (χ2v) is 4.70. The molecule has 1 N–H and O–H groups in total. The Labute approximate surface area is 101 Å². The molecule has 1 heterocycles. The highest BCUT2D eigenvalue weighted by Gasteiger charge is 2.21. The van der Waals surface area contributed by atoms with E-state index in [0.29, 0.717) is 6.04 Å². The molecule has 3 nitrogen and oxygen atoms in total. The molecule has 0 unspecified atom stereocenters. The van der Waals surface area contributed by atoms with E-state index < -0.39 is 0 Å². The summed E-state index contributed by atoms with van der Waals surface area (Å²) in [5.41, 5.74) is 3.49. The molecule has 3 heteroatoms. The van der Waals surface area contributed by atoms with E-state index in [1.54, 1.807) is 0 Å². The molecule has 88 valence electrons. The fourth-order valence-corrected chi connectivity index (χ4v) is 1.87. The van der Waals surface area contributed by atoms with Crippen molar-refractivity contribution in [2.75, 3.05) is 0 Å². The standard InChI is InChI=1S/C14H16N2O/c1-10-2-4-11(5-3-10)14-12(9-16-17-14)8-15-13-6-7-13/h2-5,9,13,15H,6-8H2,1H3. The number of aromatic nitrogens is 1. The van der Waals surface area contributed by atoms with Crippen LogP contribution in [0.15, 0.2) is 35.0 Å². The molecule has 0 amide bonds. The zero-order valence-electron chi connectivity index (χ0n) is 9.94. The Morgan fingerprint density at radius 2 is 2.06 bits per heavy atom. The average molecular weight is 228 g/mol. The van der Waals surface area contributed by atoms with Gasteiger partial charge in [0.2, 0.25) is 0 Å². The Hall–Kier alpha value is -1.61. The first-order valence-corrected chi connectivity index (χ1v) is 6.07. The molecule has 1 fully saturated rings. The summed E-state index contributed by atoms with van der Waals surface area (Å²) < 4.78 is 5.35. The van der Waals surface area contributed by atoms with Gasteiger partial charge in [-0.3, -0.25) is 0 Å². The second-order valence-electron chi connectivity index (χ2n) is 4.70. The van der Waals surface area contributed by atoms with E-state index in [2.05, 4.69) is 41.7 Å². The Morgan fingerprint density at radius 1 is 1.29 bits per heavy atom. The maximum absolute atomic E-state index is 5.35. The molecule has 0 atom stereocenters. The maximum atomic E-state index is 5.35. The third-order valence-corrected chi connectivity index (χ3v) is 3.12. The van der Waals surface area contributed by atoms with E-state index >= 15 is 0 Å². The molecule has 1 aliphatic carbocycles. The van der Waals surface area contributed by atoms with Crippen LogP contribution in [0.3, 0.4) is 0 Å². The van der Waals surface area contributed by atoms with Crippen molar-refractivity contribution in [3.05, 3.63) is 41.6 Å². The van der Waals surface area contributed by atoms with E-state index in [0.717, 1.165) is 23.4 Å². The van der Waals surface area contributed by atoms with Gasteiger partial charge in [-0.15, -0.1) is 0 Å². The topological polar surface area (TPSA) is 38.1 Å². The van der Waals surface area contributed by atoms with Crippen molar-refractivity contribution < 1.29 is 4.52 Å². The highest BCUT2D eigenvalue weighted by molar-refractivity contribution is 5.60. The lowest BCUT2D eigenvalue weighted by Gasteiger charge is -2.03. The van der Waals surface area contributed by atoms with Gasteiger partial charge in [0.1, 0.15) is 0 Å². The van der Waals surface area contributed by atoms with Crippen molar-refractivity contribution in [3.63, 3.8) is 0 Å². The molecular formula is C14H16N2O. The van der Waals surface area contributed by atoms with Crippen LogP contribution in [0, 0.1) is 6.92 Å². The second kappa shape index (κ2) is 4.34. The van der Waals surface area contributed by atoms with Gasteiger partial charge in [-0.05, 0) is 19.8 Å². The van der Waals surface area contributed by atoms with Gasteiger partial charge < -0.3 is 9.84 Å². The lowest BCUT2D eigenvalue weighted by molar-refractivity contribution is 0.431. The third kappa shape index (κ3) is 2.39. The molecule has 2 aromatic rings. The van der Waals surface area contributed by atoms with Gasteiger partial charge in [-0.1, -0.05) is 35.0 Å². The number of rotatable bonds is 4. The summed E-state index contributed by atoms with van der Waals surface area (Å²) in [6.07, 6.45) is 4.40. The van der Waals surface area contributed by atoms with Crippen LogP contribution in [-0.4, -0.2) is 11.2 Å². The minimum absolute atomic E-state index is 0.704. The molecule has 1 aromatic heterocycles. The van der Waals surface area contributed by atoms with E-state index in [4.69, 9.17) is 4.52 Å². The smallest absolute Gasteiger partial charge is 0.171 e. The first kappa shape index (κ1) is 10.5. The van der Waals surface area contributed by atoms with E-state index in [-0.39, 0.29) is 0 Å². The molecule has 0 saturated heterocycles.